The lowest BCUT2D eigenvalue weighted by atomic mass is 10.1. The fourth-order valence-electron chi connectivity index (χ4n) is 1.88. The SMILES string of the molecule is Cc1ccc([N+](=O)[O-])c(C)c1-n1cc(CN)nn1. The van der Waals surface area contributed by atoms with E-state index in [1.165, 1.54) is 10.7 Å². The van der Waals surface area contributed by atoms with Crippen molar-refractivity contribution in [3.63, 3.8) is 0 Å². The Morgan fingerprint density at radius 1 is 1.44 bits per heavy atom. The number of nitrogens with zero attached hydrogens (tertiary/aromatic N) is 4. The van der Waals surface area contributed by atoms with Gasteiger partial charge in [0.15, 0.2) is 0 Å². The molecule has 2 N–H and O–H groups in total. The maximum atomic E-state index is 10.9. The van der Waals surface area contributed by atoms with Crippen molar-refractivity contribution in [3.05, 3.63) is 45.3 Å². The van der Waals surface area contributed by atoms with E-state index in [0.717, 1.165) is 5.56 Å². The van der Waals surface area contributed by atoms with Gasteiger partial charge in [-0.05, 0) is 19.4 Å². The maximum absolute atomic E-state index is 10.9. The summed E-state index contributed by atoms with van der Waals surface area (Å²) in [5, 5.41) is 18.7. The van der Waals surface area contributed by atoms with Gasteiger partial charge < -0.3 is 5.73 Å². The highest BCUT2D eigenvalue weighted by Crippen LogP contribution is 2.26. The minimum Gasteiger partial charge on any atom is -0.325 e. The van der Waals surface area contributed by atoms with Gasteiger partial charge in [0.2, 0.25) is 0 Å². The van der Waals surface area contributed by atoms with Crippen molar-refractivity contribution in [2.24, 2.45) is 5.73 Å². The van der Waals surface area contributed by atoms with Crippen molar-refractivity contribution in [1.82, 2.24) is 15.0 Å². The van der Waals surface area contributed by atoms with Gasteiger partial charge in [0.05, 0.1) is 28.1 Å². The molecule has 0 fully saturated rings. The van der Waals surface area contributed by atoms with Crippen molar-refractivity contribution in [1.29, 1.82) is 0 Å². The number of nitro groups is 1. The van der Waals surface area contributed by atoms with Crippen molar-refractivity contribution < 1.29 is 4.92 Å². The largest absolute Gasteiger partial charge is 0.325 e. The summed E-state index contributed by atoms with van der Waals surface area (Å²) in [6, 6.07) is 3.19. The molecule has 0 aliphatic heterocycles. The average Bonchev–Trinajstić information content (AvgIpc) is 2.77. The van der Waals surface area contributed by atoms with E-state index >= 15 is 0 Å². The number of rotatable bonds is 3. The second-order valence-corrected chi connectivity index (χ2v) is 3.99. The van der Waals surface area contributed by atoms with Crippen LogP contribution < -0.4 is 5.73 Å². The number of hydrogen-bond donors (Lipinski definition) is 1. The normalized spacial score (nSPS) is 10.6. The van der Waals surface area contributed by atoms with Gasteiger partial charge in [-0.3, -0.25) is 10.1 Å². The first-order valence-electron chi connectivity index (χ1n) is 5.41. The van der Waals surface area contributed by atoms with Gasteiger partial charge in [-0.25, -0.2) is 4.68 Å². The summed E-state index contributed by atoms with van der Waals surface area (Å²) in [5.41, 5.74) is 8.32. The molecule has 0 bridgehead atoms. The van der Waals surface area contributed by atoms with E-state index in [2.05, 4.69) is 10.3 Å². The molecule has 0 aliphatic carbocycles. The summed E-state index contributed by atoms with van der Waals surface area (Å²) in [6.07, 6.45) is 1.68. The van der Waals surface area contributed by atoms with Crippen LogP contribution >= 0.6 is 0 Å². The molecule has 2 aromatic rings. The Labute approximate surface area is 103 Å². The summed E-state index contributed by atoms with van der Waals surface area (Å²) in [7, 11) is 0. The van der Waals surface area contributed by atoms with Gasteiger partial charge in [-0.15, -0.1) is 5.10 Å². The molecule has 0 aliphatic rings. The smallest absolute Gasteiger partial charge is 0.274 e. The molecule has 2 rings (SSSR count). The van der Waals surface area contributed by atoms with Crippen LogP contribution in [0.15, 0.2) is 18.3 Å². The summed E-state index contributed by atoms with van der Waals surface area (Å²) >= 11 is 0. The first-order chi connectivity index (χ1) is 8.54. The number of benzene rings is 1. The van der Waals surface area contributed by atoms with Crippen LogP contribution in [-0.2, 0) is 6.54 Å². The maximum Gasteiger partial charge on any atom is 0.274 e. The highest BCUT2D eigenvalue weighted by atomic mass is 16.6. The van der Waals surface area contributed by atoms with Gasteiger partial charge in [0.1, 0.15) is 0 Å². The fourth-order valence-corrected chi connectivity index (χ4v) is 1.88. The molecule has 0 saturated heterocycles. The van der Waals surface area contributed by atoms with Crippen molar-refractivity contribution in [2.75, 3.05) is 0 Å². The van der Waals surface area contributed by atoms with Crippen LogP contribution in [0.5, 0.6) is 0 Å². The van der Waals surface area contributed by atoms with Crippen LogP contribution in [0.25, 0.3) is 5.69 Å². The highest BCUT2D eigenvalue weighted by Gasteiger charge is 2.17. The van der Waals surface area contributed by atoms with Crippen LogP contribution in [0, 0.1) is 24.0 Å². The van der Waals surface area contributed by atoms with Gasteiger partial charge >= 0.3 is 0 Å². The molecular weight excluding hydrogens is 234 g/mol. The van der Waals surface area contributed by atoms with Gasteiger partial charge in [0.25, 0.3) is 5.69 Å². The molecule has 7 heteroatoms. The molecule has 0 amide bonds. The molecule has 0 saturated carbocycles. The molecule has 18 heavy (non-hydrogen) atoms. The summed E-state index contributed by atoms with van der Waals surface area (Å²) in [4.78, 5) is 10.5. The molecule has 0 unspecified atom stereocenters. The van der Waals surface area contributed by atoms with Crippen LogP contribution in [0.1, 0.15) is 16.8 Å². The zero-order valence-electron chi connectivity index (χ0n) is 10.1. The van der Waals surface area contributed by atoms with E-state index in [4.69, 9.17) is 5.73 Å². The quantitative estimate of drug-likeness (QED) is 0.649. The molecule has 0 radical (unpaired) electrons. The van der Waals surface area contributed by atoms with E-state index in [-0.39, 0.29) is 12.2 Å². The summed E-state index contributed by atoms with van der Waals surface area (Å²) in [6.45, 7) is 3.85. The van der Waals surface area contributed by atoms with Gasteiger partial charge in [-0.1, -0.05) is 11.3 Å². The number of nitro benzene ring substituents is 1. The van der Waals surface area contributed by atoms with Crippen molar-refractivity contribution >= 4 is 5.69 Å². The second kappa shape index (κ2) is 4.53. The van der Waals surface area contributed by atoms with Crippen LogP contribution in [0.3, 0.4) is 0 Å². The van der Waals surface area contributed by atoms with E-state index in [0.29, 0.717) is 16.9 Å². The molecule has 1 aromatic carbocycles. The van der Waals surface area contributed by atoms with Crippen LogP contribution in [0.4, 0.5) is 5.69 Å². The zero-order chi connectivity index (χ0) is 13.3. The third-order valence-corrected chi connectivity index (χ3v) is 2.78. The predicted octanol–water partition coefficient (Wildman–Crippen LogP) is 1.25. The average molecular weight is 247 g/mol. The number of hydrogen-bond acceptors (Lipinski definition) is 5. The third-order valence-electron chi connectivity index (χ3n) is 2.78. The minimum atomic E-state index is -0.404. The number of aromatic nitrogens is 3. The summed E-state index contributed by atoms with van der Waals surface area (Å²) < 4.78 is 1.53. The Kier molecular flexibility index (Phi) is 3.07. The second-order valence-electron chi connectivity index (χ2n) is 3.99. The lowest BCUT2D eigenvalue weighted by Gasteiger charge is -2.08. The van der Waals surface area contributed by atoms with Crippen molar-refractivity contribution in [2.45, 2.75) is 20.4 Å². The molecular formula is C11H13N5O2. The summed E-state index contributed by atoms with van der Waals surface area (Å²) in [5.74, 6) is 0. The molecule has 0 atom stereocenters. The first kappa shape index (κ1) is 12.2. The molecule has 1 heterocycles. The fraction of sp³-hybridized carbons (Fsp3) is 0.273. The Bertz CT molecular complexity index is 605. The van der Waals surface area contributed by atoms with E-state index in [1.807, 2.05) is 6.92 Å². The minimum absolute atomic E-state index is 0.0698. The lowest BCUT2D eigenvalue weighted by Crippen LogP contribution is -2.04. The highest BCUT2D eigenvalue weighted by molar-refractivity contribution is 5.56. The number of nitrogens with two attached hydrogens (primary N) is 1. The van der Waals surface area contributed by atoms with Crippen LogP contribution in [-0.4, -0.2) is 19.9 Å². The van der Waals surface area contributed by atoms with E-state index in [1.54, 1.807) is 19.2 Å². The first-order valence-corrected chi connectivity index (χ1v) is 5.41. The Balaban J connectivity index is 2.62. The Morgan fingerprint density at radius 2 is 2.17 bits per heavy atom. The van der Waals surface area contributed by atoms with Gasteiger partial charge in [-0.2, -0.15) is 0 Å². The Hall–Kier alpha value is -2.28. The zero-order valence-corrected chi connectivity index (χ0v) is 10.1. The van der Waals surface area contributed by atoms with Gasteiger partial charge in [0, 0.05) is 12.6 Å². The number of aryl methyl sites for hydroxylation is 1. The molecule has 1 aromatic heterocycles. The van der Waals surface area contributed by atoms with E-state index in [9.17, 15) is 10.1 Å². The van der Waals surface area contributed by atoms with E-state index < -0.39 is 4.92 Å². The lowest BCUT2D eigenvalue weighted by molar-refractivity contribution is -0.385. The monoisotopic (exact) mass is 247 g/mol. The third kappa shape index (κ3) is 1.95. The van der Waals surface area contributed by atoms with Crippen LogP contribution in [0.2, 0.25) is 0 Å². The van der Waals surface area contributed by atoms with Crippen molar-refractivity contribution in [3.8, 4) is 5.69 Å². The molecule has 7 nitrogen and oxygen atoms in total. The Morgan fingerprint density at radius 3 is 2.72 bits per heavy atom. The topological polar surface area (TPSA) is 99.9 Å². The predicted molar refractivity (Wildman–Crippen MR) is 65.4 cm³/mol. The molecule has 94 valence electrons. The standard InChI is InChI=1S/C11H13N5O2/c1-7-3-4-10(16(17)18)8(2)11(7)15-6-9(5-12)13-14-15/h3-4,6H,5,12H2,1-2H3. The molecule has 0 spiro atoms.